The topological polar surface area (TPSA) is 23.6 Å². The van der Waals surface area contributed by atoms with Crippen LogP contribution in [0.25, 0.3) is 0 Å². The van der Waals surface area contributed by atoms with Gasteiger partial charge in [0.15, 0.2) is 5.78 Å². The molecule has 0 amide bonds. The van der Waals surface area contributed by atoms with E-state index in [1.807, 2.05) is 12.4 Å². The first-order chi connectivity index (χ1) is 8.60. The molecular formula is C15H24N2O. The van der Waals surface area contributed by atoms with Crippen LogP contribution in [0.3, 0.4) is 0 Å². The second-order valence-electron chi connectivity index (χ2n) is 5.55. The van der Waals surface area contributed by atoms with Crippen molar-refractivity contribution in [1.29, 1.82) is 0 Å². The van der Waals surface area contributed by atoms with Crippen LogP contribution < -0.4 is 0 Å². The van der Waals surface area contributed by atoms with Crippen LogP contribution >= 0.6 is 0 Å². The minimum absolute atomic E-state index is 0.0234. The predicted octanol–water partition coefficient (Wildman–Crippen LogP) is 2.55. The lowest BCUT2D eigenvalue weighted by atomic mass is 10.0. The lowest BCUT2D eigenvalue weighted by Gasteiger charge is -2.31. The van der Waals surface area contributed by atoms with Crippen LogP contribution in [-0.4, -0.2) is 39.8 Å². The third-order valence-electron chi connectivity index (χ3n) is 4.53. The molecule has 100 valence electrons. The van der Waals surface area contributed by atoms with E-state index in [4.69, 9.17) is 0 Å². The molecule has 0 aliphatic carbocycles. The zero-order chi connectivity index (χ0) is 13.3. The number of Topliss-reactive ketones (excluding diaryl/α,β-unsaturated/α-hetero) is 1. The fourth-order valence-electron chi connectivity index (χ4n) is 3.42. The fraction of sp³-hybridized carbons (Fsp3) is 0.667. The van der Waals surface area contributed by atoms with E-state index in [-0.39, 0.29) is 12.1 Å². The molecule has 0 spiro atoms. The summed E-state index contributed by atoms with van der Waals surface area (Å²) >= 11 is 0. The Morgan fingerprint density at radius 1 is 0.944 bits per heavy atom. The van der Waals surface area contributed by atoms with E-state index in [0.717, 1.165) is 25.7 Å². The third-order valence-corrected chi connectivity index (χ3v) is 4.53. The Labute approximate surface area is 110 Å². The smallest absolute Gasteiger partial charge is 0.177 e. The number of rotatable bonds is 4. The zero-order valence-electron chi connectivity index (χ0n) is 11.5. The van der Waals surface area contributed by atoms with Gasteiger partial charge in [-0.25, -0.2) is 0 Å². The van der Waals surface area contributed by atoms with E-state index in [1.165, 1.54) is 0 Å². The van der Waals surface area contributed by atoms with Crippen LogP contribution in [0.1, 0.15) is 39.5 Å². The summed E-state index contributed by atoms with van der Waals surface area (Å²) in [5.74, 6) is 0.350. The van der Waals surface area contributed by atoms with Gasteiger partial charge < -0.3 is 9.80 Å². The molecule has 18 heavy (non-hydrogen) atoms. The molecule has 2 fully saturated rings. The van der Waals surface area contributed by atoms with Crippen LogP contribution in [0, 0.1) is 0 Å². The van der Waals surface area contributed by atoms with E-state index in [2.05, 4.69) is 36.8 Å². The van der Waals surface area contributed by atoms with Gasteiger partial charge in [0.25, 0.3) is 0 Å². The molecule has 4 atom stereocenters. The Morgan fingerprint density at radius 2 is 1.33 bits per heavy atom. The summed E-state index contributed by atoms with van der Waals surface area (Å²) in [5.41, 5.74) is 0. The monoisotopic (exact) mass is 248 g/mol. The number of carbonyl (C=O) groups excluding carboxylic acids is 1. The summed E-state index contributed by atoms with van der Waals surface area (Å²) < 4.78 is 0. The van der Waals surface area contributed by atoms with Crippen molar-refractivity contribution >= 4 is 5.78 Å². The Hall–Kier alpha value is -1.25. The maximum Gasteiger partial charge on any atom is 0.177 e. The minimum atomic E-state index is 0.0234. The van der Waals surface area contributed by atoms with Gasteiger partial charge in [-0.15, -0.1) is 0 Å². The Kier molecular flexibility index (Phi) is 3.79. The van der Waals surface area contributed by atoms with Gasteiger partial charge in [-0.3, -0.25) is 4.79 Å². The van der Waals surface area contributed by atoms with Crippen LogP contribution in [0.15, 0.2) is 25.6 Å². The molecule has 2 heterocycles. The molecule has 3 nitrogen and oxygen atoms in total. The molecule has 0 aromatic heterocycles. The second-order valence-corrected chi connectivity index (χ2v) is 5.55. The van der Waals surface area contributed by atoms with E-state index in [1.54, 1.807) is 0 Å². The quantitative estimate of drug-likeness (QED) is 0.764. The molecule has 0 radical (unpaired) electrons. The van der Waals surface area contributed by atoms with Gasteiger partial charge in [0.1, 0.15) is 0 Å². The maximum absolute atomic E-state index is 12.7. The molecule has 0 aromatic carbocycles. The fourth-order valence-corrected chi connectivity index (χ4v) is 3.42. The average Bonchev–Trinajstić information content (AvgIpc) is 2.91. The van der Waals surface area contributed by atoms with Gasteiger partial charge in [0.2, 0.25) is 0 Å². The van der Waals surface area contributed by atoms with Gasteiger partial charge in [-0.2, -0.15) is 0 Å². The first kappa shape index (κ1) is 13.2. The van der Waals surface area contributed by atoms with E-state index >= 15 is 0 Å². The normalized spacial score (nSPS) is 35.9. The van der Waals surface area contributed by atoms with E-state index in [0.29, 0.717) is 17.9 Å². The average molecular weight is 248 g/mol. The molecule has 0 saturated carbocycles. The highest BCUT2D eigenvalue weighted by Gasteiger charge is 2.41. The van der Waals surface area contributed by atoms with E-state index < -0.39 is 0 Å². The lowest BCUT2D eigenvalue weighted by molar-refractivity contribution is -0.126. The zero-order valence-corrected chi connectivity index (χ0v) is 11.5. The maximum atomic E-state index is 12.7. The highest BCUT2D eigenvalue weighted by atomic mass is 16.1. The van der Waals surface area contributed by atoms with Crippen LogP contribution in [0.2, 0.25) is 0 Å². The molecule has 0 N–H and O–H groups in total. The molecular weight excluding hydrogens is 224 g/mol. The number of likely N-dealkylation sites (tertiary alicyclic amines) is 2. The number of carbonyl (C=O) groups is 1. The highest BCUT2D eigenvalue weighted by Crippen LogP contribution is 2.31. The largest absolute Gasteiger partial charge is 0.365 e. The summed E-state index contributed by atoms with van der Waals surface area (Å²) in [4.78, 5) is 17.0. The molecule has 0 aromatic rings. The van der Waals surface area contributed by atoms with Gasteiger partial charge in [0, 0.05) is 12.1 Å². The molecule has 0 bridgehead atoms. The van der Waals surface area contributed by atoms with Crippen molar-refractivity contribution < 1.29 is 4.79 Å². The first-order valence-electron chi connectivity index (χ1n) is 6.93. The van der Waals surface area contributed by atoms with Crippen molar-refractivity contribution in [1.82, 2.24) is 9.80 Å². The number of ketones is 1. The van der Waals surface area contributed by atoms with Crippen molar-refractivity contribution in [3.05, 3.63) is 25.6 Å². The summed E-state index contributed by atoms with van der Waals surface area (Å²) in [6.07, 6.45) is 7.75. The Balaban J connectivity index is 2.12. The molecule has 2 aliphatic rings. The molecule has 3 heteroatoms. The van der Waals surface area contributed by atoms with Crippen LogP contribution in [-0.2, 0) is 4.79 Å². The Morgan fingerprint density at radius 3 is 1.67 bits per heavy atom. The minimum Gasteiger partial charge on any atom is -0.365 e. The van der Waals surface area contributed by atoms with Crippen molar-refractivity contribution in [2.45, 2.75) is 63.7 Å². The summed E-state index contributed by atoms with van der Waals surface area (Å²) in [5, 5.41) is 0. The van der Waals surface area contributed by atoms with Gasteiger partial charge >= 0.3 is 0 Å². The molecule has 2 rings (SSSR count). The molecule has 4 unspecified atom stereocenters. The highest BCUT2D eigenvalue weighted by molar-refractivity contribution is 5.90. The molecule has 2 saturated heterocycles. The Bertz CT molecular complexity index is 320. The number of nitrogens with zero attached hydrogens (tertiary/aromatic N) is 2. The van der Waals surface area contributed by atoms with Crippen LogP contribution in [0.4, 0.5) is 0 Å². The summed E-state index contributed by atoms with van der Waals surface area (Å²) in [6.45, 7) is 12.0. The number of hydrogen-bond donors (Lipinski definition) is 0. The van der Waals surface area contributed by atoms with Gasteiger partial charge in [-0.1, -0.05) is 13.2 Å². The number of hydrogen-bond acceptors (Lipinski definition) is 3. The van der Waals surface area contributed by atoms with Crippen molar-refractivity contribution in [3.8, 4) is 0 Å². The van der Waals surface area contributed by atoms with Crippen LogP contribution in [0.5, 0.6) is 0 Å². The second kappa shape index (κ2) is 5.17. The SMILES string of the molecule is C=CN1C(C)CCC1C(=O)C1CCC(C)N1C=C. The first-order valence-corrected chi connectivity index (χ1v) is 6.93. The summed E-state index contributed by atoms with van der Waals surface area (Å²) in [7, 11) is 0. The lowest BCUT2D eigenvalue weighted by Crippen LogP contribution is -2.45. The molecule has 2 aliphatic heterocycles. The van der Waals surface area contributed by atoms with Crippen molar-refractivity contribution in [3.63, 3.8) is 0 Å². The summed E-state index contributed by atoms with van der Waals surface area (Å²) in [6, 6.07) is 0.922. The standard InChI is InChI=1S/C15H24N2O/c1-5-16-11(3)7-9-13(16)15(18)14-10-8-12(4)17(14)6-2/h5-6,11-14H,1-2,7-10H2,3-4H3. The predicted molar refractivity (Wildman–Crippen MR) is 74.0 cm³/mol. The van der Waals surface area contributed by atoms with Crippen molar-refractivity contribution in [2.24, 2.45) is 0 Å². The van der Waals surface area contributed by atoms with Gasteiger partial charge in [0.05, 0.1) is 12.1 Å². The third kappa shape index (κ3) is 2.06. The van der Waals surface area contributed by atoms with Crippen molar-refractivity contribution in [2.75, 3.05) is 0 Å². The van der Waals surface area contributed by atoms with Gasteiger partial charge in [-0.05, 0) is 51.9 Å². The van der Waals surface area contributed by atoms with E-state index in [9.17, 15) is 4.79 Å².